The molecule has 0 fully saturated rings. The quantitative estimate of drug-likeness (QED) is 0.283. The van der Waals surface area contributed by atoms with Crippen LogP contribution in [0.1, 0.15) is 24.1 Å². The van der Waals surface area contributed by atoms with Gasteiger partial charge in [-0.25, -0.2) is 14.5 Å². The van der Waals surface area contributed by atoms with Gasteiger partial charge in [-0.2, -0.15) is 5.10 Å². The Labute approximate surface area is 238 Å². The highest BCUT2D eigenvalue weighted by Gasteiger charge is 2.33. The van der Waals surface area contributed by atoms with Crippen molar-refractivity contribution in [1.82, 2.24) is 14.3 Å². The van der Waals surface area contributed by atoms with Crippen LogP contribution in [0.25, 0.3) is 23.0 Å². The molecular weight excluding hydrogens is 544 g/mol. The number of esters is 1. The molecule has 1 atom stereocenters. The highest BCUT2D eigenvalue weighted by atomic mass is 35.5. The maximum absolute atomic E-state index is 14.0. The second-order valence-corrected chi connectivity index (χ2v) is 10.6. The van der Waals surface area contributed by atoms with Crippen LogP contribution < -0.4 is 14.9 Å². The minimum Gasteiger partial charge on any atom is -0.466 e. The zero-order chi connectivity index (χ0) is 27.8. The number of para-hydroxylation sites is 1. The third kappa shape index (κ3) is 4.61. The first-order chi connectivity index (χ1) is 19.4. The van der Waals surface area contributed by atoms with Crippen molar-refractivity contribution in [3.05, 3.63) is 138 Å². The summed E-state index contributed by atoms with van der Waals surface area (Å²) in [5, 5.41) is 5.48. The number of hydrogen-bond acceptors (Lipinski definition) is 6. The lowest BCUT2D eigenvalue weighted by molar-refractivity contribution is -0.136. The van der Waals surface area contributed by atoms with Gasteiger partial charge in [0.25, 0.3) is 5.56 Å². The molecule has 0 spiro atoms. The van der Waals surface area contributed by atoms with E-state index < -0.39 is 12.0 Å². The molecule has 3 heterocycles. The number of fused-ring (bicyclic) bond motifs is 1. The fourth-order valence-corrected chi connectivity index (χ4v) is 5.99. The van der Waals surface area contributed by atoms with E-state index in [0.717, 1.165) is 22.4 Å². The lowest BCUT2D eigenvalue weighted by atomic mass is 9.96. The van der Waals surface area contributed by atoms with Crippen molar-refractivity contribution in [2.45, 2.75) is 13.0 Å². The lowest BCUT2D eigenvalue weighted by Gasteiger charge is -2.24. The largest absolute Gasteiger partial charge is 0.466 e. The molecule has 2 aromatic heterocycles. The van der Waals surface area contributed by atoms with E-state index in [1.807, 2.05) is 97.2 Å². The summed E-state index contributed by atoms with van der Waals surface area (Å²) < 4.78 is 8.93. The van der Waals surface area contributed by atoms with E-state index in [1.54, 1.807) is 16.2 Å². The molecule has 0 amide bonds. The fourth-order valence-electron chi connectivity index (χ4n) is 4.82. The molecule has 0 saturated carbocycles. The Bertz CT molecular complexity index is 1940. The molecule has 1 aliphatic heterocycles. The summed E-state index contributed by atoms with van der Waals surface area (Å²) in [7, 11) is 1.33. The number of nitrogens with zero attached hydrogens (tertiary/aromatic N) is 4. The van der Waals surface area contributed by atoms with Crippen LogP contribution in [-0.4, -0.2) is 27.4 Å². The molecular formula is C31H23ClN4O3S. The minimum absolute atomic E-state index is 0.249. The van der Waals surface area contributed by atoms with Gasteiger partial charge in [-0.15, -0.1) is 0 Å². The first-order valence-corrected chi connectivity index (χ1v) is 13.7. The van der Waals surface area contributed by atoms with Crippen molar-refractivity contribution in [1.29, 1.82) is 0 Å². The predicted molar refractivity (Wildman–Crippen MR) is 156 cm³/mol. The summed E-state index contributed by atoms with van der Waals surface area (Å²) in [6.45, 7) is 1.77. The number of carbonyl (C=O) groups excluding carboxylic acids is 1. The van der Waals surface area contributed by atoms with E-state index in [2.05, 4.69) is 4.99 Å². The van der Waals surface area contributed by atoms with Crippen molar-refractivity contribution >= 4 is 35.0 Å². The molecule has 9 heteroatoms. The van der Waals surface area contributed by atoms with Gasteiger partial charge in [0.1, 0.15) is 5.69 Å². The number of benzene rings is 3. The number of carbonyl (C=O) groups is 1. The zero-order valence-corrected chi connectivity index (χ0v) is 23.2. The van der Waals surface area contributed by atoms with Crippen LogP contribution in [0.5, 0.6) is 0 Å². The number of allylic oxidation sites excluding steroid dienone is 1. The second kappa shape index (κ2) is 10.6. The maximum Gasteiger partial charge on any atom is 0.338 e. The van der Waals surface area contributed by atoms with Crippen LogP contribution in [0, 0.1) is 0 Å². The predicted octanol–water partition coefficient (Wildman–Crippen LogP) is 4.91. The zero-order valence-electron chi connectivity index (χ0n) is 21.6. The average molecular weight is 567 g/mol. The first-order valence-electron chi connectivity index (χ1n) is 12.5. The van der Waals surface area contributed by atoms with Gasteiger partial charge in [-0.1, -0.05) is 83.6 Å². The van der Waals surface area contributed by atoms with Crippen LogP contribution in [0.15, 0.2) is 112 Å². The van der Waals surface area contributed by atoms with E-state index in [1.165, 1.54) is 18.4 Å². The Balaban J connectivity index is 1.57. The third-order valence-corrected chi connectivity index (χ3v) is 7.94. The van der Waals surface area contributed by atoms with Crippen LogP contribution in [0.2, 0.25) is 5.02 Å². The van der Waals surface area contributed by atoms with Gasteiger partial charge in [0.05, 0.1) is 34.6 Å². The Morgan fingerprint density at radius 2 is 1.68 bits per heavy atom. The SMILES string of the molecule is COC(=O)C1=C(C)N=c2s/c(=C/c3cn(-c4ccccc4)nc3-c3ccc(Cl)cc3)c(=O)n2[C@H]1c1ccccc1. The summed E-state index contributed by atoms with van der Waals surface area (Å²) in [4.78, 5) is 32.0. The Morgan fingerprint density at radius 3 is 2.35 bits per heavy atom. The van der Waals surface area contributed by atoms with Gasteiger partial charge >= 0.3 is 5.97 Å². The summed E-state index contributed by atoms with van der Waals surface area (Å²) in [5.41, 5.74) is 4.63. The van der Waals surface area contributed by atoms with Gasteiger partial charge in [0, 0.05) is 22.3 Å². The van der Waals surface area contributed by atoms with Gasteiger partial charge in [-0.3, -0.25) is 9.36 Å². The standard InChI is InChI=1S/C31H23ClN4O3S/c1-19-26(30(38)39-2)28(21-9-5-3-6-10-21)36-29(37)25(40-31(36)33-19)17-22-18-35(24-11-7-4-8-12-24)34-27(22)20-13-15-23(32)16-14-20/h3-18,28H,1-2H3/b25-17+/t28-/m0/s1. The van der Waals surface area contributed by atoms with E-state index in [4.69, 9.17) is 21.4 Å². The molecule has 6 rings (SSSR count). The van der Waals surface area contributed by atoms with Crippen molar-refractivity contribution in [3.63, 3.8) is 0 Å². The first kappa shape index (κ1) is 25.7. The van der Waals surface area contributed by atoms with Crippen LogP contribution >= 0.6 is 22.9 Å². The molecule has 1 aliphatic rings. The summed E-state index contributed by atoms with van der Waals surface area (Å²) in [6.07, 6.45) is 3.73. The molecule has 0 unspecified atom stereocenters. The molecule has 0 bridgehead atoms. The molecule has 0 N–H and O–H groups in total. The monoisotopic (exact) mass is 566 g/mol. The van der Waals surface area contributed by atoms with E-state index in [9.17, 15) is 9.59 Å². The number of rotatable bonds is 5. The van der Waals surface area contributed by atoms with Crippen molar-refractivity contribution in [3.8, 4) is 16.9 Å². The minimum atomic E-state index is -0.658. The van der Waals surface area contributed by atoms with Crippen LogP contribution in [0.4, 0.5) is 0 Å². The molecule has 5 aromatic rings. The third-order valence-electron chi connectivity index (χ3n) is 6.71. The molecule has 7 nitrogen and oxygen atoms in total. The highest BCUT2D eigenvalue weighted by Crippen LogP contribution is 2.30. The Hall–Kier alpha value is -4.53. The summed E-state index contributed by atoms with van der Waals surface area (Å²) in [5.74, 6) is -0.515. The van der Waals surface area contributed by atoms with Crippen LogP contribution in [0.3, 0.4) is 0 Å². The topological polar surface area (TPSA) is 78.5 Å². The number of methoxy groups -OCH3 is 1. The summed E-state index contributed by atoms with van der Waals surface area (Å²) >= 11 is 7.42. The molecule has 0 aliphatic carbocycles. The van der Waals surface area contributed by atoms with Crippen molar-refractivity contribution in [2.75, 3.05) is 7.11 Å². The molecule has 40 heavy (non-hydrogen) atoms. The van der Waals surface area contributed by atoms with Gasteiger partial charge in [0.15, 0.2) is 4.80 Å². The normalized spacial score (nSPS) is 15.1. The van der Waals surface area contributed by atoms with Crippen molar-refractivity contribution in [2.24, 2.45) is 4.99 Å². The van der Waals surface area contributed by atoms with Crippen LogP contribution in [-0.2, 0) is 9.53 Å². The molecule has 3 aromatic carbocycles. The van der Waals surface area contributed by atoms with Gasteiger partial charge in [0.2, 0.25) is 0 Å². The maximum atomic E-state index is 14.0. The highest BCUT2D eigenvalue weighted by molar-refractivity contribution is 7.07. The number of ether oxygens (including phenoxy) is 1. The fraction of sp³-hybridized carbons (Fsp3) is 0.0968. The van der Waals surface area contributed by atoms with E-state index >= 15 is 0 Å². The van der Waals surface area contributed by atoms with E-state index in [-0.39, 0.29) is 5.56 Å². The number of halogens is 1. The van der Waals surface area contributed by atoms with Crippen molar-refractivity contribution < 1.29 is 9.53 Å². The average Bonchev–Trinajstić information content (AvgIpc) is 3.54. The van der Waals surface area contributed by atoms with E-state index in [0.29, 0.717) is 31.3 Å². The number of aromatic nitrogens is 3. The Kier molecular flexibility index (Phi) is 6.79. The molecule has 198 valence electrons. The van der Waals surface area contributed by atoms with Gasteiger partial charge in [-0.05, 0) is 42.8 Å². The second-order valence-electron chi connectivity index (χ2n) is 9.20. The van der Waals surface area contributed by atoms with Gasteiger partial charge < -0.3 is 4.74 Å². The number of thiazole rings is 1. The molecule has 0 saturated heterocycles. The lowest BCUT2D eigenvalue weighted by Crippen LogP contribution is -2.39. The molecule has 0 radical (unpaired) electrons. The smallest absolute Gasteiger partial charge is 0.338 e. The number of hydrogen-bond donors (Lipinski definition) is 0. The Morgan fingerprint density at radius 1 is 1.00 bits per heavy atom. The summed E-state index contributed by atoms with van der Waals surface area (Å²) in [6, 6.07) is 26.0.